The zero-order valence-electron chi connectivity index (χ0n) is 13.3. The number of anilines is 1. The molecule has 6 atom stereocenters. The molecule has 0 aromatic heterocycles. The molecule has 1 amide bonds. The van der Waals surface area contributed by atoms with E-state index in [-0.39, 0.29) is 23.5 Å². The average molecular weight is 325 g/mol. The average Bonchev–Trinajstić information content (AvgIpc) is 3.36. The second kappa shape index (κ2) is 5.30. The van der Waals surface area contributed by atoms with Crippen LogP contribution in [0.25, 0.3) is 0 Å². The smallest absolute Gasteiger partial charge is 0.307 e. The van der Waals surface area contributed by atoms with Crippen LogP contribution < -0.4 is 5.32 Å². The van der Waals surface area contributed by atoms with Crippen LogP contribution in [0.2, 0.25) is 0 Å². The molecular formula is C19H19NO4. The number of hydrogen-bond donors (Lipinski definition) is 2. The number of Topliss-reactive ketones (excluding diaryl/α,β-unsaturated/α-hetero) is 1. The molecule has 124 valence electrons. The molecule has 2 N–H and O–H groups in total. The maximum atomic E-state index is 12.8. The zero-order valence-corrected chi connectivity index (χ0v) is 13.3. The minimum atomic E-state index is -0.883. The lowest BCUT2D eigenvalue weighted by atomic mass is 9.62. The van der Waals surface area contributed by atoms with Gasteiger partial charge in [-0.2, -0.15) is 0 Å². The van der Waals surface area contributed by atoms with Gasteiger partial charge in [0.1, 0.15) is 0 Å². The van der Waals surface area contributed by atoms with E-state index in [4.69, 9.17) is 0 Å². The van der Waals surface area contributed by atoms with Crippen LogP contribution in [0.15, 0.2) is 36.4 Å². The van der Waals surface area contributed by atoms with Gasteiger partial charge in [0.15, 0.2) is 5.78 Å². The number of rotatable bonds is 4. The van der Waals surface area contributed by atoms with Crippen molar-refractivity contribution in [3.8, 4) is 0 Å². The molecule has 2 fully saturated rings. The van der Waals surface area contributed by atoms with Crippen molar-refractivity contribution in [3.63, 3.8) is 0 Å². The van der Waals surface area contributed by atoms with E-state index in [0.29, 0.717) is 23.1 Å². The molecule has 2 saturated carbocycles. The van der Waals surface area contributed by atoms with Crippen molar-refractivity contribution in [3.05, 3.63) is 42.0 Å². The maximum absolute atomic E-state index is 12.8. The third kappa shape index (κ3) is 2.27. The lowest BCUT2D eigenvalue weighted by Gasteiger charge is -2.41. The summed E-state index contributed by atoms with van der Waals surface area (Å²) in [6.07, 6.45) is 5.08. The molecule has 0 unspecified atom stereocenters. The van der Waals surface area contributed by atoms with Crippen LogP contribution in [0, 0.1) is 35.5 Å². The number of nitrogens with one attached hydrogen (secondary N) is 1. The first-order valence-corrected chi connectivity index (χ1v) is 8.30. The summed E-state index contributed by atoms with van der Waals surface area (Å²) in [5.74, 6) is -1.39. The molecule has 0 spiro atoms. The molecule has 4 aliphatic carbocycles. The molecule has 0 aliphatic heterocycles. The van der Waals surface area contributed by atoms with Gasteiger partial charge in [0, 0.05) is 11.3 Å². The third-order valence-corrected chi connectivity index (χ3v) is 5.80. The van der Waals surface area contributed by atoms with Gasteiger partial charge in [0.05, 0.1) is 11.8 Å². The highest BCUT2D eigenvalue weighted by Crippen LogP contribution is 2.63. The lowest BCUT2D eigenvalue weighted by molar-refractivity contribution is -0.152. The second-order valence-corrected chi connectivity index (χ2v) is 7.12. The van der Waals surface area contributed by atoms with Gasteiger partial charge in [-0.25, -0.2) is 0 Å². The number of carboxylic acids is 1. The van der Waals surface area contributed by atoms with Crippen molar-refractivity contribution in [2.45, 2.75) is 13.3 Å². The monoisotopic (exact) mass is 325 g/mol. The van der Waals surface area contributed by atoms with Crippen molar-refractivity contribution in [2.24, 2.45) is 35.5 Å². The van der Waals surface area contributed by atoms with E-state index in [9.17, 15) is 19.5 Å². The Hall–Kier alpha value is -2.43. The Balaban J connectivity index is 1.56. The summed E-state index contributed by atoms with van der Waals surface area (Å²) in [5, 5.41) is 12.5. The van der Waals surface area contributed by atoms with Gasteiger partial charge < -0.3 is 10.4 Å². The van der Waals surface area contributed by atoms with E-state index < -0.39 is 17.8 Å². The fraction of sp³-hybridized carbons (Fsp3) is 0.421. The molecule has 4 aliphatic rings. The normalized spacial score (nSPS) is 35.2. The largest absolute Gasteiger partial charge is 0.481 e. The van der Waals surface area contributed by atoms with E-state index in [0.717, 1.165) is 6.42 Å². The van der Waals surface area contributed by atoms with Crippen LogP contribution in [-0.4, -0.2) is 22.8 Å². The third-order valence-electron chi connectivity index (χ3n) is 5.80. The number of benzene rings is 1. The molecule has 1 aromatic carbocycles. The van der Waals surface area contributed by atoms with Gasteiger partial charge in [-0.3, -0.25) is 14.4 Å². The fourth-order valence-electron chi connectivity index (χ4n) is 4.58. The summed E-state index contributed by atoms with van der Waals surface area (Å²) in [4.78, 5) is 35.8. The highest BCUT2D eigenvalue weighted by molar-refractivity contribution is 5.97. The van der Waals surface area contributed by atoms with Gasteiger partial charge in [-0.1, -0.05) is 12.2 Å². The van der Waals surface area contributed by atoms with Crippen molar-refractivity contribution in [1.29, 1.82) is 0 Å². The van der Waals surface area contributed by atoms with E-state index >= 15 is 0 Å². The Morgan fingerprint density at radius 1 is 1.00 bits per heavy atom. The van der Waals surface area contributed by atoms with Crippen LogP contribution in [0.1, 0.15) is 23.7 Å². The van der Waals surface area contributed by atoms with Crippen molar-refractivity contribution in [1.82, 2.24) is 0 Å². The molecule has 5 nitrogen and oxygen atoms in total. The van der Waals surface area contributed by atoms with Crippen LogP contribution in [0.5, 0.6) is 0 Å². The standard InChI is InChI=1S/C19H19NO4/c1-9(21)10-2-4-11(5-3-10)20-18(22)16-12-6-7-13(15-8-14(12)15)17(16)19(23)24/h2-7,12-17H,8H2,1H3,(H,20,22)(H,23,24)/t12-,13-,14-,15-,16+,17+/m0/s1. The number of carboxylic acid groups (broad SMARTS) is 1. The van der Waals surface area contributed by atoms with Crippen LogP contribution >= 0.6 is 0 Å². The summed E-state index contributed by atoms with van der Waals surface area (Å²) >= 11 is 0. The number of amides is 1. The first-order chi connectivity index (χ1) is 11.5. The highest BCUT2D eigenvalue weighted by atomic mass is 16.4. The molecule has 24 heavy (non-hydrogen) atoms. The SMILES string of the molecule is CC(=O)c1ccc(NC(=O)[C@@H]2[C@H]3C=C[C@@H]([C@@H]4C[C@@H]34)[C@H]2C(=O)O)cc1. The predicted molar refractivity (Wildman–Crippen MR) is 87.4 cm³/mol. The van der Waals surface area contributed by atoms with Crippen LogP contribution in [-0.2, 0) is 9.59 Å². The number of ketones is 1. The number of aliphatic carboxylic acids is 1. The van der Waals surface area contributed by atoms with Gasteiger partial charge in [0.25, 0.3) is 0 Å². The van der Waals surface area contributed by atoms with E-state index in [1.807, 2.05) is 12.2 Å². The van der Waals surface area contributed by atoms with Gasteiger partial charge in [-0.05, 0) is 61.3 Å². The number of hydrogen-bond acceptors (Lipinski definition) is 3. The zero-order chi connectivity index (χ0) is 17.0. The topological polar surface area (TPSA) is 83.5 Å². The highest BCUT2D eigenvalue weighted by Gasteiger charge is 2.62. The second-order valence-electron chi connectivity index (χ2n) is 7.12. The van der Waals surface area contributed by atoms with E-state index in [1.54, 1.807) is 24.3 Å². The molecule has 5 heteroatoms. The van der Waals surface area contributed by atoms with Gasteiger partial charge in [-0.15, -0.1) is 0 Å². The first-order valence-electron chi connectivity index (χ1n) is 8.30. The summed E-state index contributed by atoms with van der Waals surface area (Å²) < 4.78 is 0. The lowest BCUT2D eigenvalue weighted by Crippen LogP contribution is -2.48. The van der Waals surface area contributed by atoms with Gasteiger partial charge >= 0.3 is 5.97 Å². The van der Waals surface area contributed by atoms with Crippen molar-refractivity contribution < 1.29 is 19.5 Å². The fourth-order valence-corrected chi connectivity index (χ4v) is 4.58. The minimum Gasteiger partial charge on any atom is -0.481 e. The van der Waals surface area contributed by atoms with E-state index in [1.165, 1.54) is 6.92 Å². The first kappa shape index (κ1) is 15.1. The molecule has 5 rings (SSSR count). The number of fused-ring (bicyclic) bond motifs is 1. The number of allylic oxidation sites excluding steroid dienone is 2. The molecular weight excluding hydrogens is 306 g/mol. The minimum absolute atomic E-state index is 0.0201. The molecule has 2 bridgehead atoms. The molecule has 0 saturated heterocycles. The van der Waals surface area contributed by atoms with Crippen LogP contribution in [0.3, 0.4) is 0 Å². The summed E-state index contributed by atoms with van der Waals surface area (Å²) in [5.41, 5.74) is 1.17. The molecule has 1 aromatic rings. The molecule has 0 radical (unpaired) electrons. The predicted octanol–water partition coefficient (Wildman–Crippen LogP) is 2.60. The van der Waals surface area contributed by atoms with Crippen molar-refractivity contribution >= 4 is 23.3 Å². The Bertz CT molecular complexity index is 751. The Morgan fingerprint density at radius 3 is 2.12 bits per heavy atom. The Kier molecular flexibility index (Phi) is 3.34. The summed E-state index contributed by atoms with van der Waals surface area (Å²) in [6.45, 7) is 1.49. The van der Waals surface area contributed by atoms with E-state index in [2.05, 4.69) is 5.32 Å². The molecule has 0 heterocycles. The summed E-state index contributed by atoms with van der Waals surface area (Å²) in [7, 11) is 0. The Labute approximate surface area is 139 Å². The van der Waals surface area contributed by atoms with Crippen LogP contribution in [0.4, 0.5) is 5.69 Å². The maximum Gasteiger partial charge on any atom is 0.307 e. The quantitative estimate of drug-likeness (QED) is 0.658. The van der Waals surface area contributed by atoms with Crippen molar-refractivity contribution in [2.75, 3.05) is 5.32 Å². The summed E-state index contributed by atoms with van der Waals surface area (Å²) in [6, 6.07) is 6.69. The number of carbonyl (C=O) groups excluding carboxylic acids is 2. The number of carbonyl (C=O) groups is 3. The Morgan fingerprint density at radius 2 is 1.58 bits per heavy atom. The van der Waals surface area contributed by atoms with Gasteiger partial charge in [0.2, 0.25) is 5.91 Å².